The number of hydrogen-bond acceptors (Lipinski definition) is 5. The number of aromatic nitrogens is 2. The van der Waals surface area contributed by atoms with Crippen molar-refractivity contribution in [1.29, 1.82) is 0 Å². The van der Waals surface area contributed by atoms with E-state index in [2.05, 4.69) is 15.3 Å². The summed E-state index contributed by atoms with van der Waals surface area (Å²) in [7, 11) is 0. The molecule has 0 bridgehead atoms. The number of amides is 1. The number of carbonyl (C=O) groups is 1. The summed E-state index contributed by atoms with van der Waals surface area (Å²) in [5.74, 6) is -2.80. The zero-order valence-corrected chi connectivity index (χ0v) is 23.7. The third-order valence-electron chi connectivity index (χ3n) is 7.85. The first-order valence-electron chi connectivity index (χ1n) is 14.2. The molecule has 2 heterocycles. The van der Waals surface area contributed by atoms with Crippen LogP contribution in [0.2, 0.25) is 0 Å². The molecule has 0 radical (unpaired) electrons. The van der Waals surface area contributed by atoms with Crippen molar-refractivity contribution in [3.05, 3.63) is 88.5 Å². The number of rotatable bonds is 9. The lowest BCUT2D eigenvalue weighted by atomic mass is 9.90. The highest BCUT2D eigenvalue weighted by Crippen LogP contribution is 2.44. The fraction of sp³-hybridized carbons (Fsp3) is 0.364. The number of hydrogen-bond donors (Lipinski definition) is 2. The zero-order valence-electron chi connectivity index (χ0n) is 23.7. The number of aryl methyl sites for hydroxylation is 1. The van der Waals surface area contributed by atoms with Crippen LogP contribution in [0.15, 0.2) is 48.7 Å². The number of fused-ring (bicyclic) bond motifs is 1. The first-order valence-corrected chi connectivity index (χ1v) is 14.2. The Balaban J connectivity index is 1.32. The van der Waals surface area contributed by atoms with Crippen molar-refractivity contribution in [2.75, 3.05) is 6.54 Å². The standard InChI is InChI=1S/C33H32F3N3O3/c1-17-10-20-11-21(13-28(30(20)37-15-17)42-22-7-8-22)32(40)38-16-23(18-4-5-18)27-14-24(33(2,3)41)29(36)31(39-27)19-6-9-25(34)26(35)12-19/h6,9-15,18,22-23,41H,4-5,7-8,16H2,1-3H3,(H,38,40). The van der Waals surface area contributed by atoms with Crippen LogP contribution in [0.3, 0.4) is 0 Å². The second-order valence-corrected chi connectivity index (χ2v) is 12.0. The maximum atomic E-state index is 15.6. The number of benzene rings is 2. The number of aliphatic hydroxyl groups is 1. The molecule has 2 N–H and O–H groups in total. The molecule has 2 aliphatic carbocycles. The lowest BCUT2D eigenvalue weighted by Crippen LogP contribution is -2.30. The van der Waals surface area contributed by atoms with Crippen molar-refractivity contribution < 1.29 is 27.8 Å². The van der Waals surface area contributed by atoms with Crippen LogP contribution in [0, 0.1) is 30.3 Å². The summed E-state index contributed by atoms with van der Waals surface area (Å²) in [5.41, 5.74) is 0.872. The predicted molar refractivity (Wildman–Crippen MR) is 153 cm³/mol. The number of carbonyl (C=O) groups excluding carboxylic acids is 1. The van der Waals surface area contributed by atoms with Crippen LogP contribution >= 0.6 is 0 Å². The Bertz CT molecular complexity index is 1690. The fourth-order valence-corrected chi connectivity index (χ4v) is 5.25. The molecule has 2 aliphatic rings. The summed E-state index contributed by atoms with van der Waals surface area (Å²) < 4.78 is 49.4. The Kier molecular flexibility index (Phi) is 7.17. The number of pyridine rings is 2. The fourth-order valence-electron chi connectivity index (χ4n) is 5.25. The molecule has 42 heavy (non-hydrogen) atoms. The summed E-state index contributed by atoms with van der Waals surface area (Å²) in [6.07, 6.45) is 5.64. The maximum Gasteiger partial charge on any atom is 0.251 e. The van der Waals surface area contributed by atoms with Gasteiger partial charge in [0.15, 0.2) is 17.5 Å². The van der Waals surface area contributed by atoms with Crippen LogP contribution in [0.4, 0.5) is 13.2 Å². The third-order valence-corrected chi connectivity index (χ3v) is 7.85. The van der Waals surface area contributed by atoms with Gasteiger partial charge in [0, 0.05) is 46.4 Å². The first kappa shape index (κ1) is 28.2. The molecule has 6 rings (SSSR count). The topological polar surface area (TPSA) is 84.3 Å². The number of nitrogens with zero attached hydrogens (tertiary/aromatic N) is 2. The van der Waals surface area contributed by atoms with Crippen LogP contribution in [0.1, 0.15) is 72.6 Å². The molecule has 4 aromatic rings. The van der Waals surface area contributed by atoms with E-state index in [0.29, 0.717) is 22.5 Å². The zero-order chi connectivity index (χ0) is 29.8. The molecular weight excluding hydrogens is 543 g/mol. The monoisotopic (exact) mass is 575 g/mol. The minimum atomic E-state index is -1.57. The van der Waals surface area contributed by atoms with Crippen molar-refractivity contribution in [3.63, 3.8) is 0 Å². The van der Waals surface area contributed by atoms with E-state index < -0.39 is 23.1 Å². The molecule has 9 heteroatoms. The third kappa shape index (κ3) is 5.83. The van der Waals surface area contributed by atoms with Crippen LogP contribution in [0.25, 0.3) is 22.2 Å². The highest BCUT2D eigenvalue weighted by atomic mass is 19.2. The van der Waals surface area contributed by atoms with E-state index in [-0.39, 0.29) is 47.2 Å². The predicted octanol–water partition coefficient (Wildman–Crippen LogP) is 6.71. The van der Waals surface area contributed by atoms with Gasteiger partial charge in [0.05, 0.1) is 11.7 Å². The van der Waals surface area contributed by atoms with Crippen molar-refractivity contribution >= 4 is 16.8 Å². The lowest BCUT2D eigenvalue weighted by Gasteiger charge is -2.24. The first-order chi connectivity index (χ1) is 20.0. The molecule has 218 valence electrons. The molecule has 2 fully saturated rings. The molecule has 1 atom stereocenters. The van der Waals surface area contributed by atoms with Crippen LogP contribution in [-0.4, -0.2) is 33.6 Å². The van der Waals surface area contributed by atoms with Gasteiger partial charge in [-0.25, -0.2) is 18.2 Å². The minimum Gasteiger partial charge on any atom is -0.488 e. The average Bonchev–Trinajstić information content (AvgIpc) is 3.86. The van der Waals surface area contributed by atoms with Gasteiger partial charge >= 0.3 is 0 Å². The van der Waals surface area contributed by atoms with Gasteiger partial charge < -0.3 is 15.2 Å². The van der Waals surface area contributed by atoms with E-state index in [9.17, 15) is 18.7 Å². The largest absolute Gasteiger partial charge is 0.488 e. The van der Waals surface area contributed by atoms with Gasteiger partial charge in [0.2, 0.25) is 0 Å². The Morgan fingerprint density at radius 2 is 1.83 bits per heavy atom. The minimum absolute atomic E-state index is 0.0107. The maximum absolute atomic E-state index is 15.6. The summed E-state index contributed by atoms with van der Waals surface area (Å²) in [4.78, 5) is 22.5. The smallest absolute Gasteiger partial charge is 0.251 e. The van der Waals surface area contributed by atoms with E-state index in [0.717, 1.165) is 48.8 Å². The van der Waals surface area contributed by atoms with E-state index in [1.165, 1.54) is 26.0 Å². The van der Waals surface area contributed by atoms with Gasteiger partial charge in [-0.3, -0.25) is 9.78 Å². The van der Waals surface area contributed by atoms with E-state index >= 15 is 4.39 Å². The number of halogens is 3. The highest BCUT2D eigenvalue weighted by Gasteiger charge is 2.36. The Hall–Kier alpha value is -3.98. The normalized spacial score (nSPS) is 16.0. The van der Waals surface area contributed by atoms with Gasteiger partial charge in [-0.15, -0.1) is 0 Å². The van der Waals surface area contributed by atoms with Crippen molar-refractivity contribution in [2.24, 2.45) is 5.92 Å². The van der Waals surface area contributed by atoms with E-state index in [1.807, 2.05) is 13.0 Å². The van der Waals surface area contributed by atoms with Crippen LogP contribution < -0.4 is 10.1 Å². The van der Waals surface area contributed by atoms with Crippen molar-refractivity contribution in [2.45, 2.75) is 64.1 Å². The molecular formula is C33H32F3N3O3. The Morgan fingerprint density at radius 3 is 2.50 bits per heavy atom. The van der Waals surface area contributed by atoms with Gasteiger partial charge in [-0.05, 0) is 100 Å². The SMILES string of the molecule is Cc1cnc2c(OC3CC3)cc(C(=O)NCC(c3cc(C(C)(C)O)c(F)c(-c4ccc(F)c(F)c4)n3)C3CC3)cc2c1. The molecule has 2 aromatic carbocycles. The molecule has 0 aliphatic heterocycles. The summed E-state index contributed by atoms with van der Waals surface area (Å²) in [5, 5.41) is 14.6. The summed E-state index contributed by atoms with van der Waals surface area (Å²) in [6, 6.07) is 10.1. The molecule has 1 unspecified atom stereocenters. The highest BCUT2D eigenvalue weighted by molar-refractivity contribution is 6.00. The number of ether oxygens (including phenoxy) is 1. The van der Waals surface area contributed by atoms with Gasteiger partial charge in [0.1, 0.15) is 17.0 Å². The van der Waals surface area contributed by atoms with Crippen molar-refractivity contribution in [1.82, 2.24) is 15.3 Å². The number of nitrogens with one attached hydrogen (secondary N) is 1. The molecule has 6 nitrogen and oxygen atoms in total. The van der Waals surface area contributed by atoms with Crippen molar-refractivity contribution in [3.8, 4) is 17.0 Å². The Labute approximate surface area is 242 Å². The van der Waals surface area contributed by atoms with E-state index in [4.69, 9.17) is 4.74 Å². The molecule has 0 spiro atoms. The van der Waals surface area contributed by atoms with Crippen LogP contribution in [-0.2, 0) is 5.60 Å². The lowest BCUT2D eigenvalue weighted by molar-refractivity contribution is 0.0742. The summed E-state index contributed by atoms with van der Waals surface area (Å²) >= 11 is 0. The van der Waals surface area contributed by atoms with E-state index in [1.54, 1.807) is 18.3 Å². The molecule has 1 amide bonds. The second-order valence-electron chi connectivity index (χ2n) is 12.0. The van der Waals surface area contributed by atoms with Gasteiger partial charge in [0.25, 0.3) is 5.91 Å². The Morgan fingerprint density at radius 1 is 1.07 bits per heavy atom. The van der Waals surface area contributed by atoms with Gasteiger partial charge in [-0.2, -0.15) is 0 Å². The van der Waals surface area contributed by atoms with Crippen LogP contribution in [0.5, 0.6) is 5.75 Å². The summed E-state index contributed by atoms with van der Waals surface area (Å²) in [6.45, 7) is 5.06. The molecule has 2 saturated carbocycles. The second kappa shape index (κ2) is 10.7. The quantitative estimate of drug-likeness (QED) is 0.232. The molecule has 2 aromatic heterocycles. The van der Waals surface area contributed by atoms with Gasteiger partial charge in [-0.1, -0.05) is 0 Å². The molecule has 0 saturated heterocycles. The average molecular weight is 576 g/mol.